The maximum absolute atomic E-state index is 13.1. The second kappa shape index (κ2) is 13.3. The lowest BCUT2D eigenvalue weighted by Crippen LogP contribution is -2.57. The number of hydrogen-bond donors (Lipinski definition) is 3. The van der Waals surface area contributed by atoms with Gasteiger partial charge in [0.15, 0.2) is 0 Å². The van der Waals surface area contributed by atoms with Crippen molar-refractivity contribution in [1.29, 1.82) is 0 Å². The maximum Gasteiger partial charge on any atom is 0.480 e. The van der Waals surface area contributed by atoms with Crippen molar-refractivity contribution < 1.29 is 23.6 Å². The molecule has 1 aromatic carbocycles. The predicted octanol–water partition coefficient (Wildman–Crippen LogP) is 1.93. The highest BCUT2D eigenvalue weighted by Crippen LogP contribution is 2.20. The lowest BCUT2D eigenvalue weighted by Gasteiger charge is -2.29. The van der Waals surface area contributed by atoms with Gasteiger partial charge in [-0.3, -0.25) is 9.59 Å². The van der Waals surface area contributed by atoms with Crippen LogP contribution in [0.25, 0.3) is 0 Å². The number of rotatable bonds is 9. The summed E-state index contributed by atoms with van der Waals surface area (Å²) in [5.74, 6) is -1.00. The highest BCUT2D eigenvalue weighted by molar-refractivity contribution is 6.47. The molecule has 1 saturated heterocycles. The number of amides is 2. The summed E-state index contributed by atoms with van der Waals surface area (Å²) in [6.07, 6.45) is 0.650. The minimum absolute atomic E-state index is 0.0134. The third-order valence-electron chi connectivity index (χ3n) is 4.63. The van der Waals surface area contributed by atoms with Gasteiger partial charge in [-0.2, -0.15) is 0 Å². The molecule has 2 atom stereocenters. The number of hydrogen-bond acceptors (Lipinski definition) is 6. The molecule has 2 rings (SSSR count). The number of carbonyl (C=O) groups is 2. The number of ether oxygens (including phenoxy) is 1. The molecule has 0 aromatic heterocycles. The Hall–Kier alpha value is -1.36. The van der Waals surface area contributed by atoms with Crippen molar-refractivity contribution in [2.75, 3.05) is 40.0 Å². The van der Waals surface area contributed by atoms with Crippen molar-refractivity contribution in [2.24, 2.45) is 5.92 Å². The summed E-state index contributed by atoms with van der Waals surface area (Å²) >= 11 is 12.1. The van der Waals surface area contributed by atoms with Gasteiger partial charge in [0.1, 0.15) is 6.04 Å². The smallest absolute Gasteiger partial charge is 0.408 e. The topological polar surface area (TPSA) is 97.9 Å². The van der Waals surface area contributed by atoms with Crippen LogP contribution >= 0.6 is 23.2 Å². The second-order valence-electron chi connectivity index (χ2n) is 7.71. The molecule has 0 spiro atoms. The highest BCUT2D eigenvalue weighted by Gasteiger charge is 2.35. The number of benzene rings is 1. The molecule has 172 valence electrons. The largest absolute Gasteiger partial charge is 0.480 e. The van der Waals surface area contributed by atoms with Gasteiger partial charge in [-0.25, -0.2) is 0 Å². The first-order chi connectivity index (χ1) is 14.8. The van der Waals surface area contributed by atoms with Crippen molar-refractivity contribution >= 4 is 42.1 Å². The van der Waals surface area contributed by atoms with Gasteiger partial charge in [0, 0.05) is 38.4 Å². The average molecular weight is 474 g/mol. The van der Waals surface area contributed by atoms with E-state index in [4.69, 9.17) is 37.2 Å². The van der Waals surface area contributed by atoms with Gasteiger partial charge in [-0.1, -0.05) is 37.0 Å². The molecule has 0 bridgehead atoms. The molecule has 1 aromatic rings. The first-order valence-electron chi connectivity index (χ1n) is 10.3. The second-order valence-corrected chi connectivity index (χ2v) is 8.55. The molecule has 8 nitrogen and oxygen atoms in total. The Morgan fingerprint density at radius 3 is 2.48 bits per heavy atom. The molecular formula is C20H30BCl2N3O5. The van der Waals surface area contributed by atoms with E-state index in [1.807, 2.05) is 0 Å². The molecule has 3 N–H and O–H groups in total. The van der Waals surface area contributed by atoms with Crippen LogP contribution in [0.15, 0.2) is 18.2 Å². The number of nitrogens with one attached hydrogen (secondary N) is 3. The van der Waals surface area contributed by atoms with E-state index in [2.05, 4.69) is 29.8 Å². The van der Waals surface area contributed by atoms with Gasteiger partial charge in [0.05, 0.1) is 23.1 Å². The summed E-state index contributed by atoms with van der Waals surface area (Å²) in [6, 6.07) is 3.63. The molecule has 31 heavy (non-hydrogen) atoms. The van der Waals surface area contributed by atoms with Gasteiger partial charge < -0.3 is 30.0 Å². The summed E-state index contributed by atoms with van der Waals surface area (Å²) < 4.78 is 16.8. The number of methoxy groups -OCH3 is 1. The van der Waals surface area contributed by atoms with E-state index < -0.39 is 25.0 Å². The first-order valence-corrected chi connectivity index (χ1v) is 11.1. The van der Waals surface area contributed by atoms with Crippen LogP contribution < -0.4 is 16.0 Å². The monoisotopic (exact) mass is 473 g/mol. The van der Waals surface area contributed by atoms with E-state index in [-0.39, 0.29) is 23.1 Å². The third-order valence-corrected chi connectivity index (χ3v) is 5.20. The normalized spacial score (nSPS) is 16.9. The van der Waals surface area contributed by atoms with Crippen LogP contribution in [0, 0.1) is 5.92 Å². The van der Waals surface area contributed by atoms with Crippen molar-refractivity contribution in [2.45, 2.75) is 32.3 Å². The lowest BCUT2D eigenvalue weighted by atomic mass is 9.73. The third kappa shape index (κ3) is 8.59. The van der Waals surface area contributed by atoms with Gasteiger partial charge in [0.2, 0.25) is 5.91 Å². The minimum Gasteiger partial charge on any atom is -0.408 e. The Morgan fingerprint density at radius 1 is 1.19 bits per heavy atom. The molecule has 0 saturated carbocycles. The van der Waals surface area contributed by atoms with Crippen LogP contribution in [0.3, 0.4) is 0 Å². The molecular weight excluding hydrogens is 444 g/mol. The molecule has 1 fully saturated rings. The van der Waals surface area contributed by atoms with E-state index in [1.165, 1.54) is 19.2 Å². The molecule has 11 heteroatoms. The Bertz CT molecular complexity index is 733. The van der Waals surface area contributed by atoms with Crippen molar-refractivity contribution in [3.63, 3.8) is 0 Å². The molecule has 1 heterocycles. The fraction of sp³-hybridized carbons (Fsp3) is 0.600. The Morgan fingerprint density at radius 2 is 1.87 bits per heavy atom. The maximum atomic E-state index is 13.1. The van der Waals surface area contributed by atoms with E-state index in [0.717, 1.165) is 0 Å². The van der Waals surface area contributed by atoms with Crippen molar-refractivity contribution in [1.82, 2.24) is 16.0 Å². The molecule has 1 aliphatic heterocycles. The molecule has 0 radical (unpaired) electrons. The van der Waals surface area contributed by atoms with Crippen LogP contribution in [0.1, 0.15) is 30.6 Å². The lowest BCUT2D eigenvalue weighted by molar-refractivity contribution is -0.124. The quantitative estimate of drug-likeness (QED) is 0.474. The fourth-order valence-electron chi connectivity index (χ4n) is 3.19. The Kier molecular flexibility index (Phi) is 11.1. The summed E-state index contributed by atoms with van der Waals surface area (Å²) in [5.41, 5.74) is 0.181. The van der Waals surface area contributed by atoms with Gasteiger partial charge in [0.25, 0.3) is 5.91 Å². The fourth-order valence-corrected chi connectivity index (χ4v) is 3.56. The SMILES string of the molecule is COC[C@H](NC(=O)c1cc(Cl)ccc1Cl)C(=O)N[C@@H](CC(C)C)B1OCCNCCO1. The van der Waals surface area contributed by atoms with Crippen LogP contribution in [0.5, 0.6) is 0 Å². The van der Waals surface area contributed by atoms with Gasteiger partial charge in [-0.15, -0.1) is 0 Å². The summed E-state index contributed by atoms with van der Waals surface area (Å²) in [7, 11) is 0.882. The first kappa shape index (κ1) is 25.9. The van der Waals surface area contributed by atoms with E-state index in [0.29, 0.717) is 43.7 Å². The Labute approximate surface area is 193 Å². The number of halogens is 2. The van der Waals surface area contributed by atoms with E-state index in [1.54, 1.807) is 6.07 Å². The average Bonchev–Trinajstić information content (AvgIpc) is 2.68. The predicted molar refractivity (Wildman–Crippen MR) is 122 cm³/mol. The Balaban J connectivity index is 2.11. The summed E-state index contributed by atoms with van der Waals surface area (Å²) in [5, 5.41) is 9.44. The molecule has 1 aliphatic rings. The standard InChI is InChI=1S/C20H30BCl2N3O5/c1-13(2)10-18(21-30-8-6-24-7-9-31-21)26-20(28)17(12-29-3)25-19(27)15-11-14(22)4-5-16(15)23/h4-5,11,13,17-18,24H,6-10,12H2,1-3H3,(H,25,27)(H,26,28)/t17-,18-/m0/s1. The molecule has 0 unspecified atom stereocenters. The summed E-state index contributed by atoms with van der Waals surface area (Å²) in [6.45, 7) is 6.47. The van der Waals surface area contributed by atoms with Crippen LogP contribution in [0.4, 0.5) is 0 Å². The zero-order valence-corrected chi connectivity index (χ0v) is 19.6. The zero-order chi connectivity index (χ0) is 22.8. The summed E-state index contributed by atoms with van der Waals surface area (Å²) in [4.78, 5) is 25.8. The minimum atomic E-state index is -0.933. The number of carbonyl (C=O) groups excluding carboxylic acids is 2. The molecule has 0 aliphatic carbocycles. The van der Waals surface area contributed by atoms with Crippen molar-refractivity contribution in [3.8, 4) is 0 Å². The highest BCUT2D eigenvalue weighted by atomic mass is 35.5. The van der Waals surface area contributed by atoms with Crippen LogP contribution in [-0.4, -0.2) is 70.9 Å². The van der Waals surface area contributed by atoms with Crippen molar-refractivity contribution in [3.05, 3.63) is 33.8 Å². The van der Waals surface area contributed by atoms with Crippen LogP contribution in [-0.2, 0) is 18.8 Å². The van der Waals surface area contributed by atoms with Crippen LogP contribution in [0.2, 0.25) is 10.0 Å². The van der Waals surface area contributed by atoms with Gasteiger partial charge >= 0.3 is 7.12 Å². The van der Waals surface area contributed by atoms with E-state index in [9.17, 15) is 9.59 Å². The zero-order valence-electron chi connectivity index (χ0n) is 18.1. The molecule has 2 amide bonds. The van der Waals surface area contributed by atoms with E-state index >= 15 is 0 Å². The van der Waals surface area contributed by atoms with Gasteiger partial charge in [-0.05, 0) is 30.5 Å².